The molecule has 0 aliphatic heterocycles. The van der Waals surface area contributed by atoms with Crippen molar-refractivity contribution in [2.24, 2.45) is 0 Å². The van der Waals surface area contributed by atoms with Crippen molar-refractivity contribution in [3.63, 3.8) is 0 Å². The first-order chi connectivity index (χ1) is 20.1. The summed E-state index contributed by atoms with van der Waals surface area (Å²) in [5.41, 5.74) is 4.22. The van der Waals surface area contributed by atoms with Crippen LogP contribution in [0, 0.1) is 0 Å². The van der Waals surface area contributed by atoms with Crippen LogP contribution in [-0.4, -0.2) is 16.1 Å². The van der Waals surface area contributed by atoms with Gasteiger partial charge in [0, 0.05) is 11.1 Å². The third-order valence-corrected chi connectivity index (χ3v) is 11.6. The van der Waals surface area contributed by atoms with Gasteiger partial charge < -0.3 is 4.74 Å². The number of hydrogen-bond donors (Lipinski definition) is 1. The molecule has 0 saturated heterocycles. The standard InChI is InChI=1S/C38H48NO2PS/c1-36(2,3)31-25-27(26-32(35(31)41-10)37(4,5)6)34(39-43(40)38(7,8)9)30-23-17-18-24-33(30)42(28-19-13-11-14-20-28)29-21-15-12-16-22-29/h11-26,34,39H,1-10H3/t34-,43?/m0/s1. The molecule has 0 fully saturated rings. The van der Waals surface area contributed by atoms with Gasteiger partial charge in [-0.3, -0.25) is 0 Å². The van der Waals surface area contributed by atoms with Crippen molar-refractivity contribution in [1.29, 1.82) is 0 Å². The number of methoxy groups -OCH3 is 1. The van der Waals surface area contributed by atoms with Crippen molar-refractivity contribution in [2.75, 3.05) is 7.11 Å². The molecule has 3 nitrogen and oxygen atoms in total. The number of nitrogens with one attached hydrogen (secondary N) is 1. The Morgan fingerprint density at radius 3 is 1.53 bits per heavy atom. The third kappa shape index (κ3) is 7.66. The molecule has 4 rings (SSSR count). The summed E-state index contributed by atoms with van der Waals surface area (Å²) >= 11 is 0. The molecule has 2 atom stereocenters. The number of rotatable bonds is 8. The summed E-state index contributed by atoms with van der Waals surface area (Å²) in [6, 6.07) is 34.5. The topological polar surface area (TPSA) is 38.3 Å². The molecule has 0 radical (unpaired) electrons. The van der Waals surface area contributed by atoms with Gasteiger partial charge in [-0.15, -0.1) is 0 Å². The predicted molar refractivity (Wildman–Crippen MR) is 188 cm³/mol. The van der Waals surface area contributed by atoms with E-state index in [1.165, 1.54) is 15.9 Å². The van der Waals surface area contributed by atoms with E-state index in [-0.39, 0.29) is 16.9 Å². The smallest absolute Gasteiger partial charge is 0.126 e. The fourth-order valence-electron chi connectivity index (χ4n) is 5.26. The monoisotopic (exact) mass is 613 g/mol. The van der Waals surface area contributed by atoms with Gasteiger partial charge in [0.1, 0.15) is 5.75 Å². The Kier molecular flexibility index (Phi) is 10.1. The minimum Gasteiger partial charge on any atom is -0.496 e. The average Bonchev–Trinajstić information content (AvgIpc) is 2.95. The van der Waals surface area contributed by atoms with E-state index in [9.17, 15) is 4.21 Å². The molecule has 1 unspecified atom stereocenters. The van der Waals surface area contributed by atoms with E-state index < -0.39 is 23.7 Å². The van der Waals surface area contributed by atoms with Crippen LogP contribution < -0.4 is 25.4 Å². The zero-order chi connectivity index (χ0) is 31.6. The highest BCUT2D eigenvalue weighted by Gasteiger charge is 2.33. The minimum absolute atomic E-state index is 0.157. The van der Waals surface area contributed by atoms with Crippen LogP contribution in [0.2, 0.25) is 0 Å². The summed E-state index contributed by atoms with van der Waals surface area (Å²) in [4.78, 5) is 0. The first kappa shape index (κ1) is 33.1. The van der Waals surface area contributed by atoms with E-state index in [0.717, 1.165) is 28.0 Å². The molecule has 43 heavy (non-hydrogen) atoms. The third-order valence-electron chi connectivity index (χ3n) is 7.56. The second-order valence-corrected chi connectivity index (χ2v) is 18.3. The lowest BCUT2D eigenvalue weighted by Gasteiger charge is -2.33. The van der Waals surface area contributed by atoms with E-state index in [1.54, 1.807) is 7.11 Å². The molecule has 4 aromatic carbocycles. The van der Waals surface area contributed by atoms with Gasteiger partial charge in [-0.1, -0.05) is 126 Å². The molecule has 0 aliphatic carbocycles. The molecule has 0 bridgehead atoms. The Morgan fingerprint density at radius 2 is 1.12 bits per heavy atom. The summed E-state index contributed by atoms with van der Waals surface area (Å²) in [6.45, 7) is 19.5. The number of hydrogen-bond acceptors (Lipinski definition) is 2. The Balaban J connectivity index is 2.06. The maximum absolute atomic E-state index is 13.9. The lowest BCUT2D eigenvalue weighted by atomic mass is 9.77. The fraction of sp³-hybridized carbons (Fsp3) is 0.368. The van der Waals surface area contributed by atoms with Crippen molar-refractivity contribution < 1.29 is 8.95 Å². The van der Waals surface area contributed by atoms with Crippen LogP contribution in [0.5, 0.6) is 5.75 Å². The van der Waals surface area contributed by atoms with E-state index >= 15 is 0 Å². The fourth-order valence-corrected chi connectivity index (χ4v) is 8.59. The van der Waals surface area contributed by atoms with Crippen molar-refractivity contribution in [3.8, 4) is 5.75 Å². The van der Waals surface area contributed by atoms with Crippen molar-refractivity contribution in [3.05, 3.63) is 119 Å². The van der Waals surface area contributed by atoms with Crippen molar-refractivity contribution in [2.45, 2.75) is 83.9 Å². The molecule has 4 aromatic rings. The largest absolute Gasteiger partial charge is 0.496 e. The maximum Gasteiger partial charge on any atom is 0.126 e. The van der Waals surface area contributed by atoms with Gasteiger partial charge >= 0.3 is 0 Å². The van der Waals surface area contributed by atoms with E-state index in [1.807, 2.05) is 20.8 Å². The molecule has 0 aliphatic rings. The SMILES string of the molecule is COc1c(C(C)(C)C)cc([C@H](NS(=O)C(C)(C)C)c2ccccc2P(c2ccccc2)c2ccccc2)cc1C(C)(C)C. The van der Waals surface area contributed by atoms with Crippen LogP contribution in [-0.2, 0) is 21.8 Å². The van der Waals surface area contributed by atoms with Gasteiger partial charge in [-0.25, -0.2) is 8.93 Å². The van der Waals surface area contributed by atoms with Crippen molar-refractivity contribution >= 4 is 34.8 Å². The molecule has 228 valence electrons. The highest BCUT2D eigenvalue weighted by molar-refractivity contribution is 7.84. The minimum atomic E-state index is -1.32. The summed E-state index contributed by atoms with van der Waals surface area (Å²) in [5, 5.41) is 3.82. The summed E-state index contributed by atoms with van der Waals surface area (Å²) < 4.78 is 23.2. The first-order valence-electron chi connectivity index (χ1n) is 15.0. The van der Waals surface area contributed by atoms with Gasteiger partial charge in [-0.05, 0) is 78.7 Å². The summed E-state index contributed by atoms with van der Waals surface area (Å²) in [5.74, 6) is 0.934. The van der Waals surface area contributed by atoms with E-state index in [4.69, 9.17) is 4.74 Å². The second kappa shape index (κ2) is 13.1. The highest BCUT2D eigenvalue weighted by atomic mass is 32.2. The normalized spacial score (nSPS) is 14.0. The van der Waals surface area contributed by atoms with E-state index in [0.29, 0.717) is 0 Å². The molecular weight excluding hydrogens is 565 g/mol. The molecule has 0 heterocycles. The van der Waals surface area contributed by atoms with Crippen LogP contribution >= 0.6 is 7.92 Å². The van der Waals surface area contributed by atoms with Gasteiger partial charge in [0.15, 0.2) is 0 Å². The van der Waals surface area contributed by atoms with Crippen molar-refractivity contribution in [1.82, 2.24) is 4.72 Å². The average molecular weight is 614 g/mol. The number of ether oxygens (including phenoxy) is 1. The number of benzene rings is 4. The molecular formula is C38H48NO2PS. The molecule has 0 amide bonds. The van der Waals surface area contributed by atoms with Gasteiger partial charge in [0.05, 0.1) is 28.9 Å². The molecule has 5 heteroatoms. The van der Waals surface area contributed by atoms with Gasteiger partial charge in [0.25, 0.3) is 0 Å². The van der Waals surface area contributed by atoms with Crippen LogP contribution in [0.15, 0.2) is 97.1 Å². The molecule has 0 spiro atoms. The zero-order valence-corrected chi connectivity index (χ0v) is 29.2. The van der Waals surface area contributed by atoms with Crippen LogP contribution in [0.25, 0.3) is 0 Å². The molecule has 0 saturated carbocycles. The quantitative estimate of drug-likeness (QED) is 0.204. The van der Waals surface area contributed by atoms with Gasteiger partial charge in [0.2, 0.25) is 0 Å². The van der Waals surface area contributed by atoms with Crippen LogP contribution in [0.1, 0.15) is 90.6 Å². The second-order valence-electron chi connectivity index (χ2n) is 14.1. The van der Waals surface area contributed by atoms with Crippen LogP contribution in [0.3, 0.4) is 0 Å². The molecule has 0 aromatic heterocycles. The van der Waals surface area contributed by atoms with Gasteiger partial charge in [-0.2, -0.15) is 0 Å². The maximum atomic E-state index is 13.9. The lowest BCUT2D eigenvalue weighted by Crippen LogP contribution is -2.38. The predicted octanol–water partition coefficient (Wildman–Crippen LogP) is 8.19. The Morgan fingerprint density at radius 1 is 0.674 bits per heavy atom. The highest BCUT2D eigenvalue weighted by Crippen LogP contribution is 2.44. The summed E-state index contributed by atoms with van der Waals surface area (Å²) in [7, 11) is -0.422. The zero-order valence-electron chi connectivity index (χ0n) is 27.5. The van der Waals surface area contributed by atoms with E-state index in [2.05, 4.69) is 143 Å². The lowest BCUT2D eigenvalue weighted by molar-refractivity contribution is 0.381. The molecule has 1 N–H and O–H groups in total. The Bertz CT molecular complexity index is 1470. The summed E-state index contributed by atoms with van der Waals surface area (Å²) in [6.07, 6.45) is 0. The van der Waals surface area contributed by atoms with Crippen LogP contribution in [0.4, 0.5) is 0 Å². The Labute approximate surface area is 263 Å². The first-order valence-corrected chi connectivity index (χ1v) is 17.5. The Hall–Kier alpha value is -2.78.